The van der Waals surface area contributed by atoms with Crippen LogP contribution in [0.2, 0.25) is 0 Å². The molecule has 2 heterocycles. The van der Waals surface area contributed by atoms with Gasteiger partial charge in [-0.15, -0.1) is 0 Å². The Kier molecular flexibility index (Phi) is 4.69. The predicted octanol–water partition coefficient (Wildman–Crippen LogP) is 0.978. The van der Waals surface area contributed by atoms with Crippen LogP contribution < -0.4 is 5.32 Å². The molecule has 0 spiro atoms. The van der Waals surface area contributed by atoms with E-state index in [0.29, 0.717) is 12.1 Å². The number of hydrogen-bond donors (Lipinski definition) is 1. The number of aromatic nitrogens is 1. The summed E-state index contributed by atoms with van der Waals surface area (Å²) >= 11 is 0. The standard InChI is InChI=1S/C14H24N4/c1-12-10-18(9-8-15-12)14(11-17(2)3)13-6-4-5-7-16-13/h4-7,12,14-15H,8-11H2,1-3H3. The average molecular weight is 248 g/mol. The number of hydrogen-bond acceptors (Lipinski definition) is 4. The molecule has 4 heteroatoms. The number of pyridine rings is 1. The zero-order valence-electron chi connectivity index (χ0n) is 11.6. The van der Waals surface area contributed by atoms with Crippen LogP contribution >= 0.6 is 0 Å². The molecule has 2 unspecified atom stereocenters. The fourth-order valence-corrected chi connectivity index (χ4v) is 2.56. The molecule has 1 aliphatic rings. The number of piperazine rings is 1. The Balaban J connectivity index is 2.14. The van der Waals surface area contributed by atoms with Crippen LogP contribution in [0.15, 0.2) is 24.4 Å². The maximum Gasteiger partial charge on any atom is 0.0650 e. The van der Waals surface area contributed by atoms with Crippen molar-refractivity contribution in [2.75, 3.05) is 40.3 Å². The monoisotopic (exact) mass is 248 g/mol. The van der Waals surface area contributed by atoms with Crippen LogP contribution in [0.1, 0.15) is 18.7 Å². The van der Waals surface area contributed by atoms with E-state index in [1.54, 1.807) is 0 Å². The number of nitrogens with zero attached hydrogens (tertiary/aromatic N) is 3. The van der Waals surface area contributed by atoms with Crippen LogP contribution in [0.3, 0.4) is 0 Å². The normalized spacial score (nSPS) is 23.2. The van der Waals surface area contributed by atoms with Crippen molar-refractivity contribution in [1.29, 1.82) is 0 Å². The molecule has 1 aliphatic heterocycles. The molecule has 0 radical (unpaired) electrons. The molecule has 2 atom stereocenters. The van der Waals surface area contributed by atoms with Crippen molar-refractivity contribution < 1.29 is 0 Å². The van der Waals surface area contributed by atoms with Gasteiger partial charge in [-0.3, -0.25) is 9.88 Å². The maximum atomic E-state index is 4.54. The molecule has 1 aromatic heterocycles. The lowest BCUT2D eigenvalue weighted by molar-refractivity contribution is 0.122. The second-order valence-electron chi connectivity index (χ2n) is 5.38. The van der Waals surface area contributed by atoms with E-state index >= 15 is 0 Å². The smallest absolute Gasteiger partial charge is 0.0650 e. The Bertz CT molecular complexity index is 352. The zero-order chi connectivity index (χ0) is 13.0. The van der Waals surface area contributed by atoms with Gasteiger partial charge in [-0.1, -0.05) is 6.07 Å². The van der Waals surface area contributed by atoms with Crippen molar-refractivity contribution in [3.05, 3.63) is 30.1 Å². The van der Waals surface area contributed by atoms with Gasteiger partial charge in [-0.25, -0.2) is 0 Å². The summed E-state index contributed by atoms with van der Waals surface area (Å²) in [4.78, 5) is 9.33. The lowest BCUT2D eigenvalue weighted by Gasteiger charge is -2.38. The highest BCUT2D eigenvalue weighted by Crippen LogP contribution is 2.20. The zero-order valence-corrected chi connectivity index (χ0v) is 11.6. The van der Waals surface area contributed by atoms with Gasteiger partial charge in [0.1, 0.15) is 0 Å². The Labute approximate surface area is 110 Å². The highest BCUT2D eigenvalue weighted by molar-refractivity contribution is 5.10. The van der Waals surface area contributed by atoms with Gasteiger partial charge >= 0.3 is 0 Å². The van der Waals surface area contributed by atoms with Crippen molar-refractivity contribution in [3.63, 3.8) is 0 Å². The van der Waals surface area contributed by atoms with E-state index in [9.17, 15) is 0 Å². The first kappa shape index (κ1) is 13.5. The van der Waals surface area contributed by atoms with E-state index in [4.69, 9.17) is 0 Å². The van der Waals surface area contributed by atoms with E-state index in [1.165, 1.54) is 5.69 Å². The Hall–Kier alpha value is -0.970. The van der Waals surface area contributed by atoms with Crippen molar-refractivity contribution in [2.24, 2.45) is 0 Å². The summed E-state index contributed by atoms with van der Waals surface area (Å²) in [5.41, 5.74) is 1.18. The van der Waals surface area contributed by atoms with E-state index < -0.39 is 0 Å². The molecular formula is C14H24N4. The number of likely N-dealkylation sites (N-methyl/N-ethyl adjacent to an activating group) is 1. The Morgan fingerprint density at radius 2 is 2.33 bits per heavy atom. The van der Waals surface area contributed by atoms with Gasteiger partial charge < -0.3 is 10.2 Å². The first-order valence-electron chi connectivity index (χ1n) is 6.70. The summed E-state index contributed by atoms with van der Waals surface area (Å²) in [5.74, 6) is 0. The molecule has 1 saturated heterocycles. The van der Waals surface area contributed by atoms with E-state index in [1.807, 2.05) is 12.3 Å². The third-order valence-electron chi connectivity index (χ3n) is 3.41. The first-order valence-corrected chi connectivity index (χ1v) is 6.70. The molecule has 0 aliphatic carbocycles. The average Bonchev–Trinajstić information content (AvgIpc) is 2.37. The molecule has 0 saturated carbocycles. The first-order chi connectivity index (χ1) is 8.66. The van der Waals surface area contributed by atoms with Crippen LogP contribution in [0, 0.1) is 0 Å². The molecule has 1 aromatic rings. The van der Waals surface area contributed by atoms with Gasteiger partial charge in [0.15, 0.2) is 0 Å². The van der Waals surface area contributed by atoms with Crippen molar-refractivity contribution in [1.82, 2.24) is 20.1 Å². The SMILES string of the molecule is CC1CN(C(CN(C)C)c2ccccn2)CCN1. The van der Waals surface area contributed by atoms with Crippen molar-refractivity contribution in [3.8, 4) is 0 Å². The molecule has 1 fully saturated rings. The lowest BCUT2D eigenvalue weighted by Crippen LogP contribution is -2.51. The maximum absolute atomic E-state index is 4.54. The van der Waals surface area contributed by atoms with E-state index in [0.717, 1.165) is 26.2 Å². The van der Waals surface area contributed by atoms with Crippen LogP contribution in [-0.4, -0.2) is 61.1 Å². The third kappa shape index (κ3) is 3.51. The molecule has 18 heavy (non-hydrogen) atoms. The fourth-order valence-electron chi connectivity index (χ4n) is 2.56. The fraction of sp³-hybridized carbons (Fsp3) is 0.643. The number of nitrogens with one attached hydrogen (secondary N) is 1. The summed E-state index contributed by atoms with van der Waals surface area (Å²) in [7, 11) is 4.25. The summed E-state index contributed by atoms with van der Waals surface area (Å²) in [5, 5.41) is 3.50. The van der Waals surface area contributed by atoms with Crippen molar-refractivity contribution >= 4 is 0 Å². The van der Waals surface area contributed by atoms with Crippen LogP contribution in [0.4, 0.5) is 0 Å². The molecule has 1 N–H and O–H groups in total. The highest BCUT2D eigenvalue weighted by atomic mass is 15.3. The quantitative estimate of drug-likeness (QED) is 0.860. The third-order valence-corrected chi connectivity index (χ3v) is 3.41. The van der Waals surface area contributed by atoms with Gasteiger partial charge in [-0.05, 0) is 33.2 Å². The van der Waals surface area contributed by atoms with Crippen LogP contribution in [0.5, 0.6) is 0 Å². The minimum atomic E-state index is 0.394. The van der Waals surface area contributed by atoms with Crippen LogP contribution in [0.25, 0.3) is 0 Å². The molecule has 0 aromatic carbocycles. The van der Waals surface area contributed by atoms with Gasteiger partial charge in [0.25, 0.3) is 0 Å². The topological polar surface area (TPSA) is 31.4 Å². The molecule has 2 rings (SSSR count). The Morgan fingerprint density at radius 3 is 2.94 bits per heavy atom. The summed E-state index contributed by atoms with van der Waals surface area (Å²) in [6, 6.07) is 7.16. The predicted molar refractivity (Wildman–Crippen MR) is 74.6 cm³/mol. The number of rotatable bonds is 4. The van der Waals surface area contributed by atoms with Gasteiger partial charge in [-0.2, -0.15) is 0 Å². The van der Waals surface area contributed by atoms with Crippen molar-refractivity contribution in [2.45, 2.75) is 19.0 Å². The highest BCUT2D eigenvalue weighted by Gasteiger charge is 2.25. The lowest BCUT2D eigenvalue weighted by atomic mass is 10.1. The molecule has 4 nitrogen and oxygen atoms in total. The molecule has 0 amide bonds. The van der Waals surface area contributed by atoms with Gasteiger partial charge in [0.2, 0.25) is 0 Å². The minimum absolute atomic E-state index is 0.394. The van der Waals surface area contributed by atoms with E-state index in [2.05, 4.69) is 53.3 Å². The minimum Gasteiger partial charge on any atom is -0.312 e. The summed E-state index contributed by atoms with van der Waals surface area (Å²) in [6.45, 7) is 6.52. The molecule has 0 bridgehead atoms. The Morgan fingerprint density at radius 1 is 1.50 bits per heavy atom. The van der Waals surface area contributed by atoms with Gasteiger partial charge in [0.05, 0.1) is 11.7 Å². The van der Waals surface area contributed by atoms with Gasteiger partial charge in [0, 0.05) is 38.4 Å². The van der Waals surface area contributed by atoms with E-state index in [-0.39, 0.29) is 0 Å². The van der Waals surface area contributed by atoms with Crippen LogP contribution in [-0.2, 0) is 0 Å². The largest absolute Gasteiger partial charge is 0.312 e. The second-order valence-corrected chi connectivity index (χ2v) is 5.38. The molecular weight excluding hydrogens is 224 g/mol. The molecule has 100 valence electrons. The summed E-state index contributed by atoms with van der Waals surface area (Å²) < 4.78 is 0. The summed E-state index contributed by atoms with van der Waals surface area (Å²) in [6.07, 6.45) is 1.89. The second kappa shape index (κ2) is 6.27.